The molecule has 45 heavy (non-hydrogen) atoms. The molecule has 5 aromatic heterocycles. The summed E-state index contributed by atoms with van der Waals surface area (Å²) in [6, 6.07) is 23.2. The average molecular weight is 643 g/mol. The van der Waals surface area contributed by atoms with E-state index in [1.165, 1.54) is 9.75 Å². The summed E-state index contributed by atoms with van der Waals surface area (Å²) < 4.78 is 0. The molecule has 0 saturated heterocycles. The van der Waals surface area contributed by atoms with Crippen molar-refractivity contribution in [1.29, 1.82) is 0 Å². The second-order valence-electron chi connectivity index (χ2n) is 11.0. The summed E-state index contributed by atoms with van der Waals surface area (Å²) in [5.74, 6) is 0.657. The first-order valence-electron chi connectivity index (χ1n) is 14.6. The highest BCUT2D eigenvalue weighted by molar-refractivity contribution is 7.15. The quantitative estimate of drug-likeness (QED) is 0.180. The van der Waals surface area contributed by atoms with Crippen LogP contribution in [0.25, 0.3) is 65.4 Å². The normalized spacial score (nSPS) is 11.3. The third-order valence-corrected chi connectivity index (χ3v) is 10.9. The Hall–Kier alpha value is -4.44. The molecule has 0 amide bonds. The van der Waals surface area contributed by atoms with Crippen LogP contribution in [0.2, 0.25) is 0 Å². The van der Waals surface area contributed by atoms with Crippen molar-refractivity contribution in [1.82, 2.24) is 29.9 Å². The van der Waals surface area contributed by atoms with E-state index in [4.69, 9.17) is 15.0 Å². The van der Waals surface area contributed by atoms with E-state index in [1.807, 2.05) is 46.0 Å². The highest BCUT2D eigenvalue weighted by atomic mass is 32.1. The largest absolute Gasteiger partial charge is 0.254 e. The number of hydrogen-bond donors (Lipinski definition) is 0. The van der Waals surface area contributed by atoms with Gasteiger partial charge in [-0.25, -0.2) is 24.9 Å². The van der Waals surface area contributed by atoms with Gasteiger partial charge in [0.25, 0.3) is 0 Å². The summed E-state index contributed by atoms with van der Waals surface area (Å²) in [5.41, 5.74) is 10.9. The standard InChI is InChI=1S/C36H30N6S3/c1-19-33(43-22(4)38-19)26-9-7-25(8-10-26)31-17-32(30-16-15-29(18-37-30)35-21(3)40-24(6)45-35)42-36(41-31)28-13-11-27(12-14-28)34-20(2)39-23(5)44-34/h7-18H,1-6H3. The fraction of sp³-hybridized carbons (Fsp3) is 0.167. The van der Waals surface area contributed by atoms with Crippen molar-refractivity contribution in [2.45, 2.75) is 41.5 Å². The van der Waals surface area contributed by atoms with Crippen LogP contribution in [0, 0.1) is 41.5 Å². The van der Waals surface area contributed by atoms with Crippen LogP contribution in [0.1, 0.15) is 32.1 Å². The van der Waals surface area contributed by atoms with E-state index in [2.05, 4.69) is 83.4 Å². The van der Waals surface area contributed by atoms with Crippen LogP contribution < -0.4 is 0 Å². The number of pyridine rings is 1. The molecule has 0 N–H and O–H groups in total. The number of hydrogen-bond acceptors (Lipinski definition) is 9. The molecule has 2 aromatic carbocycles. The van der Waals surface area contributed by atoms with Gasteiger partial charge < -0.3 is 0 Å². The van der Waals surface area contributed by atoms with Crippen LogP contribution in [0.3, 0.4) is 0 Å². The lowest BCUT2D eigenvalue weighted by molar-refractivity contribution is 1.16. The summed E-state index contributed by atoms with van der Waals surface area (Å²) in [4.78, 5) is 32.3. The molecule has 0 atom stereocenters. The predicted octanol–water partition coefficient (Wildman–Crippen LogP) is 10.1. The zero-order valence-corrected chi connectivity index (χ0v) is 28.3. The lowest BCUT2D eigenvalue weighted by Crippen LogP contribution is -1.97. The summed E-state index contributed by atoms with van der Waals surface area (Å²) in [5, 5.41) is 3.19. The Morgan fingerprint density at radius 3 is 1.27 bits per heavy atom. The summed E-state index contributed by atoms with van der Waals surface area (Å²) in [6.45, 7) is 12.3. The van der Waals surface area contributed by atoms with E-state index in [1.54, 1.807) is 34.0 Å². The molecule has 0 saturated carbocycles. The number of nitrogens with zero attached hydrogens (tertiary/aromatic N) is 6. The molecule has 0 unspecified atom stereocenters. The zero-order valence-electron chi connectivity index (χ0n) is 25.8. The maximum Gasteiger partial charge on any atom is 0.160 e. The van der Waals surface area contributed by atoms with Crippen LogP contribution >= 0.6 is 34.0 Å². The van der Waals surface area contributed by atoms with E-state index in [0.29, 0.717) is 5.82 Å². The molecule has 7 rings (SSSR count). The van der Waals surface area contributed by atoms with Crippen molar-refractivity contribution < 1.29 is 0 Å². The SMILES string of the molecule is Cc1nc(C)c(-c2ccc(-c3cc(-c4ccc(-c5sc(C)nc5C)cn4)nc(-c4ccc(-c5sc(C)nc5C)cc4)n3)cc2)s1. The number of rotatable bonds is 6. The smallest absolute Gasteiger partial charge is 0.160 e. The van der Waals surface area contributed by atoms with Gasteiger partial charge in [0, 0.05) is 22.9 Å². The zero-order chi connectivity index (χ0) is 31.2. The lowest BCUT2D eigenvalue weighted by Gasteiger charge is -2.10. The molecular weight excluding hydrogens is 613 g/mol. The molecular formula is C36H30N6S3. The van der Waals surface area contributed by atoms with Gasteiger partial charge in [-0.3, -0.25) is 4.98 Å². The lowest BCUT2D eigenvalue weighted by atomic mass is 10.0. The van der Waals surface area contributed by atoms with Gasteiger partial charge in [0.2, 0.25) is 0 Å². The van der Waals surface area contributed by atoms with Gasteiger partial charge in [-0.15, -0.1) is 34.0 Å². The van der Waals surface area contributed by atoms with Crippen molar-refractivity contribution in [3.8, 4) is 65.4 Å². The Bertz CT molecular complexity index is 1900. The third-order valence-electron chi connectivity index (χ3n) is 7.57. The van der Waals surface area contributed by atoms with Gasteiger partial charge in [0.15, 0.2) is 5.82 Å². The molecule has 0 bridgehead atoms. The number of aromatic nitrogens is 6. The van der Waals surface area contributed by atoms with E-state index in [9.17, 15) is 0 Å². The minimum Gasteiger partial charge on any atom is -0.254 e. The minimum absolute atomic E-state index is 0.657. The van der Waals surface area contributed by atoms with Crippen LogP contribution in [-0.4, -0.2) is 29.9 Å². The monoisotopic (exact) mass is 642 g/mol. The maximum atomic E-state index is 5.06. The molecule has 7 aromatic rings. The van der Waals surface area contributed by atoms with Crippen molar-refractivity contribution in [2.75, 3.05) is 0 Å². The van der Waals surface area contributed by atoms with Crippen LogP contribution in [0.5, 0.6) is 0 Å². The van der Waals surface area contributed by atoms with Gasteiger partial charge in [0.1, 0.15) is 0 Å². The Morgan fingerprint density at radius 1 is 0.400 bits per heavy atom. The van der Waals surface area contributed by atoms with Gasteiger partial charge in [0.05, 0.1) is 63.8 Å². The second-order valence-corrected chi connectivity index (χ2v) is 14.6. The van der Waals surface area contributed by atoms with Crippen molar-refractivity contribution in [2.24, 2.45) is 0 Å². The first-order chi connectivity index (χ1) is 21.7. The molecule has 0 spiro atoms. The maximum absolute atomic E-state index is 5.06. The number of thiazole rings is 3. The van der Waals surface area contributed by atoms with E-state index in [-0.39, 0.29) is 0 Å². The Balaban J connectivity index is 1.29. The number of aryl methyl sites for hydroxylation is 6. The average Bonchev–Trinajstić information content (AvgIpc) is 3.70. The van der Waals surface area contributed by atoms with Gasteiger partial charge in [-0.2, -0.15) is 0 Å². The predicted molar refractivity (Wildman–Crippen MR) is 188 cm³/mol. The highest BCUT2D eigenvalue weighted by Gasteiger charge is 2.15. The highest BCUT2D eigenvalue weighted by Crippen LogP contribution is 2.35. The van der Waals surface area contributed by atoms with E-state index in [0.717, 1.165) is 81.9 Å². The molecule has 0 aliphatic carbocycles. The van der Waals surface area contributed by atoms with Gasteiger partial charge in [-0.1, -0.05) is 48.5 Å². The van der Waals surface area contributed by atoms with Crippen molar-refractivity contribution in [3.05, 3.63) is 105 Å². The molecule has 222 valence electrons. The third kappa shape index (κ3) is 5.86. The van der Waals surface area contributed by atoms with Crippen molar-refractivity contribution >= 4 is 34.0 Å². The fourth-order valence-corrected chi connectivity index (χ4v) is 8.26. The second kappa shape index (κ2) is 11.8. The van der Waals surface area contributed by atoms with Crippen molar-refractivity contribution in [3.63, 3.8) is 0 Å². The Morgan fingerprint density at radius 2 is 0.822 bits per heavy atom. The minimum atomic E-state index is 0.657. The fourth-order valence-electron chi connectivity index (χ4n) is 5.50. The van der Waals surface area contributed by atoms with Crippen LogP contribution in [0.4, 0.5) is 0 Å². The van der Waals surface area contributed by atoms with E-state index < -0.39 is 0 Å². The summed E-state index contributed by atoms with van der Waals surface area (Å²) in [6.07, 6.45) is 1.92. The summed E-state index contributed by atoms with van der Waals surface area (Å²) in [7, 11) is 0. The van der Waals surface area contributed by atoms with Gasteiger partial charge >= 0.3 is 0 Å². The molecule has 0 radical (unpaired) electrons. The van der Waals surface area contributed by atoms with Crippen LogP contribution in [0.15, 0.2) is 72.9 Å². The first-order valence-corrected chi connectivity index (χ1v) is 17.1. The molecule has 6 nitrogen and oxygen atoms in total. The molecule has 0 aliphatic rings. The Kier molecular flexibility index (Phi) is 7.69. The first kappa shape index (κ1) is 29.3. The Labute approximate surface area is 274 Å². The van der Waals surface area contributed by atoms with Gasteiger partial charge in [-0.05, 0) is 70.9 Å². The molecule has 0 aliphatic heterocycles. The molecule has 0 fully saturated rings. The topological polar surface area (TPSA) is 77.3 Å². The molecule has 5 heterocycles. The number of benzene rings is 2. The summed E-state index contributed by atoms with van der Waals surface area (Å²) >= 11 is 5.12. The van der Waals surface area contributed by atoms with Crippen LogP contribution in [-0.2, 0) is 0 Å². The molecule has 9 heteroatoms. The van der Waals surface area contributed by atoms with E-state index >= 15 is 0 Å².